The van der Waals surface area contributed by atoms with Gasteiger partial charge in [-0.25, -0.2) is 0 Å². The van der Waals surface area contributed by atoms with Crippen LogP contribution in [0, 0.1) is 11.3 Å². The van der Waals surface area contributed by atoms with Crippen LogP contribution < -0.4 is 5.32 Å². The molecule has 1 unspecified atom stereocenters. The molecule has 1 aromatic rings. The molecule has 0 radical (unpaired) electrons. The lowest BCUT2D eigenvalue weighted by Gasteiger charge is -2.21. The summed E-state index contributed by atoms with van der Waals surface area (Å²) in [5.41, 5.74) is -0.976. The average Bonchev–Trinajstić information content (AvgIpc) is 2.71. The maximum absolute atomic E-state index is 11.6. The van der Waals surface area contributed by atoms with E-state index in [1.807, 2.05) is 11.4 Å². The van der Waals surface area contributed by atoms with Crippen LogP contribution in [-0.2, 0) is 4.74 Å². The molecule has 0 aliphatic heterocycles. The zero-order chi connectivity index (χ0) is 11.3. The number of rotatable bonds is 4. The first kappa shape index (κ1) is 11.7. The Morgan fingerprint density at radius 2 is 2.53 bits per heavy atom. The van der Waals surface area contributed by atoms with Crippen LogP contribution in [0.3, 0.4) is 0 Å². The smallest absolute Gasteiger partial charge is 0.262 e. The van der Waals surface area contributed by atoms with Crippen LogP contribution in [0.1, 0.15) is 16.6 Å². The second-order valence-electron chi connectivity index (χ2n) is 3.31. The molecule has 1 aromatic heterocycles. The fourth-order valence-corrected chi connectivity index (χ4v) is 1.72. The fourth-order valence-electron chi connectivity index (χ4n) is 1.10. The van der Waals surface area contributed by atoms with Gasteiger partial charge < -0.3 is 10.1 Å². The number of ether oxygens (including phenoxy) is 1. The quantitative estimate of drug-likeness (QED) is 0.841. The molecule has 0 aliphatic carbocycles. The normalized spacial score (nSPS) is 13.9. The number of hydrogen-bond acceptors (Lipinski definition) is 4. The Hall–Kier alpha value is -1.38. The number of hydrogen-bond donors (Lipinski definition) is 1. The van der Waals surface area contributed by atoms with Gasteiger partial charge in [-0.2, -0.15) is 5.26 Å². The molecule has 1 rings (SSSR count). The minimum atomic E-state index is -0.976. The van der Waals surface area contributed by atoms with Crippen LogP contribution in [0.2, 0.25) is 0 Å². The number of carbonyl (C=O) groups excluding carboxylic acids is 1. The van der Waals surface area contributed by atoms with E-state index in [0.717, 1.165) is 0 Å². The van der Waals surface area contributed by atoms with Crippen molar-refractivity contribution in [3.63, 3.8) is 0 Å². The van der Waals surface area contributed by atoms with Gasteiger partial charge in [0.05, 0.1) is 17.6 Å². The first-order valence-corrected chi connectivity index (χ1v) is 5.25. The molecule has 5 heteroatoms. The molecule has 1 amide bonds. The SMILES string of the molecule is COCC(C)(C#N)NC(=O)c1cccs1. The third kappa shape index (κ3) is 3.05. The van der Waals surface area contributed by atoms with Crippen LogP contribution in [0.15, 0.2) is 17.5 Å². The highest BCUT2D eigenvalue weighted by molar-refractivity contribution is 7.12. The third-order valence-electron chi connectivity index (χ3n) is 1.81. The van der Waals surface area contributed by atoms with E-state index in [9.17, 15) is 4.79 Å². The summed E-state index contributed by atoms with van der Waals surface area (Å²) < 4.78 is 4.88. The molecular formula is C10H12N2O2S. The van der Waals surface area contributed by atoms with Crippen molar-refractivity contribution in [3.8, 4) is 6.07 Å². The van der Waals surface area contributed by atoms with Crippen LogP contribution in [0.5, 0.6) is 0 Å². The number of thiophene rings is 1. The van der Waals surface area contributed by atoms with Gasteiger partial charge in [0.15, 0.2) is 0 Å². The summed E-state index contributed by atoms with van der Waals surface area (Å²) in [5.74, 6) is -0.244. The molecule has 1 atom stereocenters. The topological polar surface area (TPSA) is 62.1 Å². The molecular weight excluding hydrogens is 212 g/mol. The van der Waals surface area contributed by atoms with Gasteiger partial charge in [-0.15, -0.1) is 11.3 Å². The van der Waals surface area contributed by atoms with Gasteiger partial charge in [0.2, 0.25) is 0 Å². The van der Waals surface area contributed by atoms with E-state index in [2.05, 4.69) is 5.32 Å². The summed E-state index contributed by atoms with van der Waals surface area (Å²) >= 11 is 1.34. The van der Waals surface area contributed by atoms with Gasteiger partial charge in [-0.3, -0.25) is 4.79 Å². The summed E-state index contributed by atoms with van der Waals surface area (Å²) in [7, 11) is 1.49. The summed E-state index contributed by atoms with van der Waals surface area (Å²) in [6.45, 7) is 1.79. The van der Waals surface area contributed by atoms with E-state index in [1.165, 1.54) is 18.4 Å². The summed E-state index contributed by atoms with van der Waals surface area (Å²) in [4.78, 5) is 12.2. The maximum atomic E-state index is 11.6. The molecule has 0 spiro atoms. The minimum Gasteiger partial charge on any atom is -0.381 e. The second-order valence-corrected chi connectivity index (χ2v) is 4.26. The van der Waals surface area contributed by atoms with Gasteiger partial charge in [0, 0.05) is 7.11 Å². The molecule has 15 heavy (non-hydrogen) atoms. The standard InChI is InChI=1S/C10H12N2O2S/c1-10(6-11,7-14-2)12-9(13)8-4-3-5-15-8/h3-5H,7H2,1-2H3,(H,12,13). The fraction of sp³-hybridized carbons (Fsp3) is 0.400. The molecule has 80 valence electrons. The van der Waals surface area contributed by atoms with Crippen LogP contribution in [0.4, 0.5) is 0 Å². The Morgan fingerprint density at radius 3 is 3.00 bits per heavy atom. The van der Waals surface area contributed by atoms with Gasteiger partial charge in [-0.05, 0) is 18.4 Å². The van der Waals surface area contributed by atoms with E-state index in [0.29, 0.717) is 4.88 Å². The Morgan fingerprint density at radius 1 is 1.80 bits per heavy atom. The maximum Gasteiger partial charge on any atom is 0.262 e. The predicted octanol–water partition coefficient (Wildman–Crippen LogP) is 1.41. The Labute approximate surface area is 92.5 Å². The molecule has 0 fully saturated rings. The molecule has 0 saturated carbocycles. The highest BCUT2D eigenvalue weighted by Crippen LogP contribution is 2.11. The first-order chi connectivity index (χ1) is 7.11. The van der Waals surface area contributed by atoms with Crippen molar-refractivity contribution in [2.75, 3.05) is 13.7 Å². The van der Waals surface area contributed by atoms with E-state index in [1.54, 1.807) is 19.1 Å². The van der Waals surface area contributed by atoms with Crippen molar-refractivity contribution in [2.45, 2.75) is 12.5 Å². The Kier molecular flexibility index (Phi) is 3.83. The highest BCUT2D eigenvalue weighted by atomic mass is 32.1. The van der Waals surface area contributed by atoms with Crippen molar-refractivity contribution in [1.29, 1.82) is 5.26 Å². The average molecular weight is 224 g/mol. The Balaban J connectivity index is 2.69. The van der Waals surface area contributed by atoms with Crippen LogP contribution in [0.25, 0.3) is 0 Å². The Bertz CT molecular complexity index is 369. The van der Waals surface area contributed by atoms with E-state index >= 15 is 0 Å². The third-order valence-corrected chi connectivity index (χ3v) is 2.68. The number of nitriles is 1. The highest BCUT2D eigenvalue weighted by Gasteiger charge is 2.26. The van der Waals surface area contributed by atoms with Gasteiger partial charge in [-0.1, -0.05) is 6.07 Å². The number of methoxy groups -OCH3 is 1. The molecule has 0 bridgehead atoms. The lowest BCUT2D eigenvalue weighted by molar-refractivity contribution is 0.0864. The van der Waals surface area contributed by atoms with Gasteiger partial charge in [0.1, 0.15) is 5.54 Å². The van der Waals surface area contributed by atoms with Gasteiger partial charge >= 0.3 is 0 Å². The number of nitrogens with one attached hydrogen (secondary N) is 1. The van der Waals surface area contributed by atoms with E-state index < -0.39 is 5.54 Å². The van der Waals surface area contributed by atoms with E-state index in [-0.39, 0.29) is 12.5 Å². The van der Waals surface area contributed by atoms with Crippen LogP contribution in [-0.4, -0.2) is 25.2 Å². The molecule has 0 saturated heterocycles. The number of nitrogens with zero attached hydrogens (tertiary/aromatic N) is 1. The molecule has 1 N–H and O–H groups in total. The van der Waals surface area contributed by atoms with Crippen LogP contribution >= 0.6 is 11.3 Å². The number of amides is 1. The van der Waals surface area contributed by atoms with E-state index in [4.69, 9.17) is 10.00 Å². The molecule has 1 heterocycles. The predicted molar refractivity (Wildman–Crippen MR) is 57.7 cm³/mol. The summed E-state index contributed by atoms with van der Waals surface area (Å²) in [6, 6.07) is 5.52. The van der Waals surface area contributed by atoms with Crippen molar-refractivity contribution in [2.24, 2.45) is 0 Å². The second kappa shape index (κ2) is 4.91. The van der Waals surface area contributed by atoms with Crippen molar-refractivity contribution in [1.82, 2.24) is 5.32 Å². The lowest BCUT2D eigenvalue weighted by atomic mass is 10.1. The molecule has 0 aromatic carbocycles. The first-order valence-electron chi connectivity index (χ1n) is 4.37. The molecule has 0 aliphatic rings. The zero-order valence-electron chi connectivity index (χ0n) is 8.61. The largest absolute Gasteiger partial charge is 0.381 e. The minimum absolute atomic E-state index is 0.167. The summed E-state index contributed by atoms with van der Waals surface area (Å²) in [6.07, 6.45) is 0. The number of carbonyl (C=O) groups is 1. The van der Waals surface area contributed by atoms with Gasteiger partial charge in [0.25, 0.3) is 5.91 Å². The monoisotopic (exact) mass is 224 g/mol. The van der Waals surface area contributed by atoms with Crippen molar-refractivity contribution >= 4 is 17.2 Å². The van der Waals surface area contributed by atoms with Crippen molar-refractivity contribution < 1.29 is 9.53 Å². The summed E-state index contributed by atoms with van der Waals surface area (Å²) in [5, 5.41) is 13.4. The zero-order valence-corrected chi connectivity index (χ0v) is 9.43. The van der Waals surface area contributed by atoms with Crippen molar-refractivity contribution in [3.05, 3.63) is 22.4 Å². The molecule has 4 nitrogen and oxygen atoms in total. The lowest BCUT2D eigenvalue weighted by Crippen LogP contribution is -2.48.